The molecule has 0 atom stereocenters. The van der Waals surface area contributed by atoms with E-state index in [0.29, 0.717) is 20.4 Å². The Bertz CT molecular complexity index is 252. The lowest BCUT2D eigenvalue weighted by atomic mass is 10.3. The number of halogens is 3. The van der Waals surface area contributed by atoms with E-state index >= 15 is 0 Å². The van der Waals surface area contributed by atoms with Crippen LogP contribution in [0.5, 0.6) is 5.75 Å². The third-order valence-corrected chi connectivity index (χ3v) is 1.95. The maximum atomic E-state index is 5.80. The maximum absolute atomic E-state index is 5.80. The van der Waals surface area contributed by atoms with Crippen molar-refractivity contribution in [1.82, 2.24) is 0 Å². The van der Waals surface area contributed by atoms with Crippen LogP contribution in [0.4, 0.5) is 0 Å². The Morgan fingerprint density at radius 2 is 2.09 bits per heavy atom. The largest absolute Gasteiger partial charge is 0.482 e. The van der Waals surface area contributed by atoms with Gasteiger partial charge in [-0.05, 0) is 40.8 Å². The predicted molar refractivity (Wildman–Crippen MR) is 56.0 cm³/mol. The molecule has 1 nitrogen and oxygen atoms in total. The SMILES string of the molecule is Clc1ccc(OCI)c(Cl)c1. The minimum atomic E-state index is 0.550. The molecule has 4 heteroatoms. The van der Waals surface area contributed by atoms with Gasteiger partial charge in [-0.15, -0.1) is 0 Å². The number of ether oxygens (including phenoxy) is 1. The van der Waals surface area contributed by atoms with E-state index in [-0.39, 0.29) is 0 Å². The van der Waals surface area contributed by atoms with Gasteiger partial charge in [-0.1, -0.05) is 23.2 Å². The van der Waals surface area contributed by atoms with Crippen LogP contribution in [-0.4, -0.2) is 4.61 Å². The van der Waals surface area contributed by atoms with E-state index in [4.69, 9.17) is 27.9 Å². The number of alkyl halides is 1. The molecule has 1 aromatic rings. The first-order valence-electron chi connectivity index (χ1n) is 2.88. The normalized spacial score (nSPS) is 9.73. The lowest BCUT2D eigenvalue weighted by Gasteiger charge is -2.03. The van der Waals surface area contributed by atoms with Gasteiger partial charge in [-0.2, -0.15) is 0 Å². The summed E-state index contributed by atoms with van der Waals surface area (Å²) < 4.78 is 5.77. The smallest absolute Gasteiger partial charge is 0.139 e. The fourth-order valence-electron chi connectivity index (χ4n) is 0.651. The lowest BCUT2D eigenvalue weighted by molar-refractivity contribution is 0.404. The number of hydrogen-bond acceptors (Lipinski definition) is 1. The fourth-order valence-corrected chi connectivity index (χ4v) is 1.45. The molecular formula is C7H5Cl2IO. The Morgan fingerprint density at radius 3 is 2.64 bits per heavy atom. The highest BCUT2D eigenvalue weighted by Gasteiger charge is 1.99. The third-order valence-electron chi connectivity index (χ3n) is 1.10. The predicted octanol–water partition coefficient (Wildman–Crippen LogP) is 3.76. The van der Waals surface area contributed by atoms with Crippen molar-refractivity contribution >= 4 is 45.8 Å². The molecule has 0 aliphatic heterocycles. The van der Waals surface area contributed by atoms with Gasteiger partial charge in [0.1, 0.15) is 10.4 Å². The van der Waals surface area contributed by atoms with Gasteiger partial charge in [-0.25, -0.2) is 0 Å². The number of benzene rings is 1. The first kappa shape index (κ1) is 9.42. The Hall–Kier alpha value is 0.330. The van der Waals surface area contributed by atoms with E-state index in [2.05, 4.69) is 22.6 Å². The lowest BCUT2D eigenvalue weighted by Crippen LogP contribution is -1.88. The Kier molecular flexibility index (Phi) is 3.75. The van der Waals surface area contributed by atoms with Crippen LogP contribution < -0.4 is 4.74 Å². The zero-order valence-corrected chi connectivity index (χ0v) is 9.15. The summed E-state index contributed by atoms with van der Waals surface area (Å²) in [6.45, 7) is 0. The van der Waals surface area contributed by atoms with Crippen molar-refractivity contribution < 1.29 is 4.74 Å². The molecule has 0 spiro atoms. The molecule has 0 N–H and O–H groups in total. The molecule has 0 fully saturated rings. The van der Waals surface area contributed by atoms with Crippen molar-refractivity contribution in [2.75, 3.05) is 4.61 Å². The molecule has 0 saturated heterocycles. The van der Waals surface area contributed by atoms with Crippen LogP contribution in [0.2, 0.25) is 10.0 Å². The summed E-state index contributed by atoms with van der Waals surface area (Å²) in [5.41, 5.74) is 0. The van der Waals surface area contributed by atoms with E-state index in [9.17, 15) is 0 Å². The van der Waals surface area contributed by atoms with Crippen LogP contribution in [0, 0.1) is 0 Å². The number of rotatable bonds is 2. The van der Waals surface area contributed by atoms with E-state index in [1.807, 2.05) is 0 Å². The van der Waals surface area contributed by atoms with Crippen LogP contribution in [0.1, 0.15) is 0 Å². The van der Waals surface area contributed by atoms with Crippen molar-refractivity contribution in [2.45, 2.75) is 0 Å². The Labute approximate surface area is 88.8 Å². The minimum absolute atomic E-state index is 0.550. The molecule has 0 aliphatic rings. The summed E-state index contributed by atoms with van der Waals surface area (Å²) in [6.07, 6.45) is 0. The minimum Gasteiger partial charge on any atom is -0.482 e. The highest BCUT2D eigenvalue weighted by molar-refractivity contribution is 14.1. The number of hydrogen-bond donors (Lipinski definition) is 0. The van der Waals surface area contributed by atoms with Gasteiger partial charge in [-0.3, -0.25) is 0 Å². The highest BCUT2D eigenvalue weighted by atomic mass is 127. The molecule has 0 saturated carbocycles. The third kappa shape index (κ3) is 2.69. The van der Waals surface area contributed by atoms with Crippen molar-refractivity contribution in [3.63, 3.8) is 0 Å². The standard InChI is InChI=1S/C7H5Cl2IO/c8-5-1-2-7(11-4-10)6(9)3-5/h1-3H,4H2. The van der Waals surface area contributed by atoms with Crippen LogP contribution in [0.3, 0.4) is 0 Å². The zero-order chi connectivity index (χ0) is 8.27. The van der Waals surface area contributed by atoms with Crippen LogP contribution >= 0.6 is 45.8 Å². The van der Waals surface area contributed by atoms with Crippen LogP contribution in [0.25, 0.3) is 0 Å². The van der Waals surface area contributed by atoms with E-state index in [1.54, 1.807) is 18.2 Å². The zero-order valence-electron chi connectivity index (χ0n) is 5.48. The summed E-state index contributed by atoms with van der Waals surface area (Å²) in [6, 6.07) is 5.16. The van der Waals surface area contributed by atoms with E-state index < -0.39 is 0 Å². The van der Waals surface area contributed by atoms with Gasteiger partial charge >= 0.3 is 0 Å². The van der Waals surface area contributed by atoms with Gasteiger partial charge < -0.3 is 4.74 Å². The molecule has 1 aromatic carbocycles. The molecular weight excluding hydrogens is 298 g/mol. The Morgan fingerprint density at radius 1 is 1.36 bits per heavy atom. The highest BCUT2D eigenvalue weighted by Crippen LogP contribution is 2.27. The van der Waals surface area contributed by atoms with Gasteiger partial charge in [0.2, 0.25) is 0 Å². The quantitative estimate of drug-likeness (QED) is 0.597. The first-order chi connectivity index (χ1) is 5.24. The van der Waals surface area contributed by atoms with E-state index in [1.165, 1.54) is 0 Å². The van der Waals surface area contributed by atoms with Gasteiger partial charge in [0.15, 0.2) is 0 Å². The summed E-state index contributed by atoms with van der Waals surface area (Å²) in [7, 11) is 0. The molecule has 0 aliphatic carbocycles. The molecule has 0 amide bonds. The monoisotopic (exact) mass is 302 g/mol. The molecule has 0 heterocycles. The van der Waals surface area contributed by atoms with Gasteiger partial charge in [0.25, 0.3) is 0 Å². The second-order valence-electron chi connectivity index (χ2n) is 1.83. The van der Waals surface area contributed by atoms with Gasteiger partial charge in [0.05, 0.1) is 5.02 Å². The Balaban J connectivity index is 2.90. The summed E-state index contributed by atoms with van der Waals surface area (Å²) >= 11 is 13.6. The van der Waals surface area contributed by atoms with E-state index in [0.717, 1.165) is 0 Å². The average Bonchev–Trinajstić information content (AvgIpc) is 1.95. The first-order valence-corrected chi connectivity index (χ1v) is 5.16. The molecule has 0 bridgehead atoms. The molecule has 0 unspecified atom stereocenters. The molecule has 1 rings (SSSR count). The molecule has 0 aromatic heterocycles. The topological polar surface area (TPSA) is 9.23 Å². The molecule has 11 heavy (non-hydrogen) atoms. The van der Waals surface area contributed by atoms with Crippen molar-refractivity contribution in [2.24, 2.45) is 0 Å². The van der Waals surface area contributed by atoms with Gasteiger partial charge in [0, 0.05) is 5.02 Å². The molecule has 0 radical (unpaired) electrons. The average molecular weight is 303 g/mol. The maximum Gasteiger partial charge on any atom is 0.139 e. The van der Waals surface area contributed by atoms with Crippen molar-refractivity contribution in [1.29, 1.82) is 0 Å². The molecule has 60 valence electrons. The van der Waals surface area contributed by atoms with Crippen molar-refractivity contribution in [3.8, 4) is 5.75 Å². The van der Waals surface area contributed by atoms with Crippen LogP contribution in [-0.2, 0) is 0 Å². The summed E-state index contributed by atoms with van der Waals surface area (Å²) in [4.78, 5) is 0. The fraction of sp³-hybridized carbons (Fsp3) is 0.143. The summed E-state index contributed by atoms with van der Waals surface area (Å²) in [5, 5.41) is 1.17. The second-order valence-corrected chi connectivity index (χ2v) is 3.29. The van der Waals surface area contributed by atoms with Crippen molar-refractivity contribution in [3.05, 3.63) is 28.2 Å². The second kappa shape index (κ2) is 4.38. The van der Waals surface area contributed by atoms with Crippen LogP contribution in [0.15, 0.2) is 18.2 Å². The summed E-state index contributed by atoms with van der Waals surface area (Å²) in [5.74, 6) is 0.672.